The Morgan fingerprint density at radius 2 is 1.77 bits per heavy atom. The summed E-state index contributed by atoms with van der Waals surface area (Å²) in [4.78, 5) is 10.7. The minimum absolute atomic E-state index is 0.0525. The number of rotatable bonds is 5. The molecule has 0 heterocycles. The first-order valence-electron chi connectivity index (χ1n) is 6.50. The van der Waals surface area contributed by atoms with Crippen LogP contribution in [0.25, 0.3) is 11.1 Å². The Balaban J connectivity index is 2.16. The molecule has 2 aromatic carbocycles. The standard InChI is InChI=1S/C16H13ClFNO3/c17-13-6-3-10(4-7-13)12-2-1-11(14(18)9-12)5-8-15(19-22)16(20)21/h1-4,6-7,9,22H,5,8H2,(H,20,21)/b19-15-. The summed E-state index contributed by atoms with van der Waals surface area (Å²) in [5.74, 6) is -1.75. The van der Waals surface area contributed by atoms with Crippen molar-refractivity contribution in [3.63, 3.8) is 0 Å². The Labute approximate surface area is 131 Å². The van der Waals surface area contributed by atoms with Gasteiger partial charge in [0.15, 0.2) is 5.71 Å². The van der Waals surface area contributed by atoms with Crippen LogP contribution in [-0.2, 0) is 11.2 Å². The molecule has 0 aromatic heterocycles. The fraction of sp³-hybridized carbons (Fsp3) is 0.125. The molecule has 0 aliphatic heterocycles. The van der Waals surface area contributed by atoms with Gasteiger partial charge in [-0.25, -0.2) is 9.18 Å². The summed E-state index contributed by atoms with van der Waals surface area (Å²) < 4.78 is 14.1. The first kappa shape index (κ1) is 16.0. The van der Waals surface area contributed by atoms with Gasteiger partial charge in [-0.3, -0.25) is 0 Å². The molecular formula is C16H13ClFNO3. The zero-order chi connectivity index (χ0) is 16.1. The van der Waals surface area contributed by atoms with E-state index in [4.69, 9.17) is 21.9 Å². The number of hydrogen-bond acceptors (Lipinski definition) is 3. The highest BCUT2D eigenvalue weighted by Gasteiger charge is 2.12. The van der Waals surface area contributed by atoms with E-state index in [-0.39, 0.29) is 12.8 Å². The van der Waals surface area contributed by atoms with Crippen LogP contribution in [-0.4, -0.2) is 22.0 Å². The molecule has 2 N–H and O–H groups in total. The summed E-state index contributed by atoms with van der Waals surface area (Å²) in [6.45, 7) is 0. The molecule has 0 saturated carbocycles. The Morgan fingerprint density at radius 3 is 2.32 bits per heavy atom. The first-order valence-corrected chi connectivity index (χ1v) is 6.87. The maximum absolute atomic E-state index is 14.1. The zero-order valence-electron chi connectivity index (χ0n) is 11.5. The minimum atomic E-state index is -1.32. The van der Waals surface area contributed by atoms with Crippen molar-refractivity contribution in [2.24, 2.45) is 5.16 Å². The van der Waals surface area contributed by atoms with Gasteiger partial charge in [-0.15, -0.1) is 0 Å². The molecule has 0 fully saturated rings. The topological polar surface area (TPSA) is 69.9 Å². The number of carboxylic acids is 1. The Kier molecular flexibility index (Phi) is 5.12. The predicted molar refractivity (Wildman–Crippen MR) is 82.0 cm³/mol. The van der Waals surface area contributed by atoms with Crippen molar-refractivity contribution < 1.29 is 19.5 Å². The number of aliphatic carboxylic acids is 1. The van der Waals surface area contributed by atoms with Gasteiger partial charge in [0, 0.05) is 11.4 Å². The number of carbonyl (C=O) groups is 1. The number of carboxylic acid groups (broad SMARTS) is 1. The fourth-order valence-corrected chi connectivity index (χ4v) is 2.15. The van der Waals surface area contributed by atoms with E-state index in [9.17, 15) is 9.18 Å². The molecule has 2 rings (SSSR count). The van der Waals surface area contributed by atoms with Gasteiger partial charge < -0.3 is 10.3 Å². The molecule has 0 bridgehead atoms. The molecule has 0 aliphatic rings. The van der Waals surface area contributed by atoms with Gasteiger partial charge in [0.05, 0.1) is 0 Å². The van der Waals surface area contributed by atoms with Gasteiger partial charge in [-0.1, -0.05) is 41.0 Å². The normalized spacial score (nSPS) is 11.5. The molecule has 0 unspecified atom stereocenters. The summed E-state index contributed by atoms with van der Waals surface area (Å²) in [5.41, 5.74) is 1.49. The van der Waals surface area contributed by atoms with Crippen LogP contribution in [0.4, 0.5) is 4.39 Å². The van der Waals surface area contributed by atoms with Gasteiger partial charge in [-0.2, -0.15) is 0 Å². The highest BCUT2D eigenvalue weighted by atomic mass is 35.5. The molecule has 0 radical (unpaired) electrons. The molecule has 4 nitrogen and oxygen atoms in total. The maximum Gasteiger partial charge on any atom is 0.353 e. The van der Waals surface area contributed by atoms with Crippen LogP contribution in [0.3, 0.4) is 0 Å². The fourth-order valence-electron chi connectivity index (χ4n) is 2.02. The largest absolute Gasteiger partial charge is 0.477 e. The molecule has 0 atom stereocenters. The summed E-state index contributed by atoms with van der Waals surface area (Å²) >= 11 is 5.81. The van der Waals surface area contributed by atoms with Gasteiger partial charge in [0.1, 0.15) is 5.82 Å². The van der Waals surface area contributed by atoms with E-state index in [2.05, 4.69) is 5.16 Å². The molecular weight excluding hydrogens is 309 g/mol. The van der Waals surface area contributed by atoms with Crippen LogP contribution in [0.2, 0.25) is 5.02 Å². The summed E-state index contributed by atoms with van der Waals surface area (Å²) in [6.07, 6.45) is 0.0848. The van der Waals surface area contributed by atoms with E-state index < -0.39 is 17.5 Å². The van der Waals surface area contributed by atoms with Crippen molar-refractivity contribution in [2.75, 3.05) is 0 Å². The average molecular weight is 322 g/mol. The van der Waals surface area contributed by atoms with Gasteiger partial charge >= 0.3 is 5.97 Å². The lowest BCUT2D eigenvalue weighted by atomic mass is 10.0. The number of benzene rings is 2. The monoisotopic (exact) mass is 321 g/mol. The Bertz CT molecular complexity index is 714. The van der Waals surface area contributed by atoms with E-state index >= 15 is 0 Å². The molecule has 114 valence electrons. The first-order chi connectivity index (χ1) is 10.5. The third-order valence-electron chi connectivity index (χ3n) is 3.23. The molecule has 2 aromatic rings. The van der Waals surface area contributed by atoms with E-state index in [0.29, 0.717) is 16.1 Å². The number of halogens is 2. The molecule has 0 aliphatic carbocycles. The molecule has 0 amide bonds. The number of nitrogens with zero attached hydrogens (tertiary/aromatic N) is 1. The third-order valence-corrected chi connectivity index (χ3v) is 3.48. The third kappa shape index (κ3) is 3.83. The number of hydrogen-bond donors (Lipinski definition) is 2. The summed E-state index contributed by atoms with van der Waals surface area (Å²) in [7, 11) is 0. The Morgan fingerprint density at radius 1 is 1.14 bits per heavy atom. The van der Waals surface area contributed by atoms with E-state index in [1.54, 1.807) is 36.4 Å². The molecule has 0 spiro atoms. The van der Waals surface area contributed by atoms with Crippen LogP contribution in [0.1, 0.15) is 12.0 Å². The predicted octanol–water partition coefficient (Wildman–Crippen LogP) is 3.99. The van der Waals surface area contributed by atoms with Crippen molar-refractivity contribution in [2.45, 2.75) is 12.8 Å². The molecule has 6 heteroatoms. The molecule has 0 saturated heterocycles. The average Bonchev–Trinajstić information content (AvgIpc) is 2.49. The smallest absolute Gasteiger partial charge is 0.353 e. The lowest BCUT2D eigenvalue weighted by Crippen LogP contribution is -2.14. The zero-order valence-corrected chi connectivity index (χ0v) is 12.2. The Hall–Kier alpha value is -2.40. The second kappa shape index (κ2) is 7.04. The number of aryl methyl sites for hydroxylation is 1. The van der Waals surface area contributed by atoms with Crippen LogP contribution >= 0.6 is 11.6 Å². The van der Waals surface area contributed by atoms with E-state index in [0.717, 1.165) is 5.56 Å². The van der Waals surface area contributed by atoms with Crippen LogP contribution in [0, 0.1) is 5.82 Å². The van der Waals surface area contributed by atoms with Crippen LogP contribution in [0.5, 0.6) is 0 Å². The summed E-state index contributed by atoms with van der Waals surface area (Å²) in [6, 6.07) is 11.7. The van der Waals surface area contributed by atoms with E-state index in [1.165, 1.54) is 6.07 Å². The SMILES string of the molecule is O=C(O)/C(CCc1ccc(-c2ccc(Cl)cc2)cc1F)=N\O. The van der Waals surface area contributed by atoms with Crippen molar-refractivity contribution in [3.8, 4) is 11.1 Å². The van der Waals surface area contributed by atoms with Gasteiger partial charge in [0.2, 0.25) is 0 Å². The second-order valence-electron chi connectivity index (χ2n) is 4.66. The highest BCUT2D eigenvalue weighted by molar-refractivity contribution is 6.35. The van der Waals surface area contributed by atoms with Crippen molar-refractivity contribution in [1.82, 2.24) is 0 Å². The minimum Gasteiger partial charge on any atom is -0.477 e. The molecule has 22 heavy (non-hydrogen) atoms. The second-order valence-corrected chi connectivity index (χ2v) is 5.10. The maximum atomic E-state index is 14.1. The van der Waals surface area contributed by atoms with Crippen molar-refractivity contribution >= 4 is 23.3 Å². The number of oxime groups is 1. The van der Waals surface area contributed by atoms with Crippen LogP contribution in [0.15, 0.2) is 47.6 Å². The van der Waals surface area contributed by atoms with Gasteiger partial charge in [0.25, 0.3) is 0 Å². The summed E-state index contributed by atoms with van der Waals surface area (Å²) in [5, 5.41) is 20.6. The van der Waals surface area contributed by atoms with E-state index in [1.807, 2.05) is 0 Å². The van der Waals surface area contributed by atoms with Crippen LogP contribution < -0.4 is 0 Å². The quantitative estimate of drug-likeness (QED) is 0.497. The van der Waals surface area contributed by atoms with Crippen molar-refractivity contribution in [3.05, 3.63) is 58.9 Å². The van der Waals surface area contributed by atoms with Crippen molar-refractivity contribution in [1.29, 1.82) is 0 Å². The lowest BCUT2D eigenvalue weighted by Gasteiger charge is -2.07. The van der Waals surface area contributed by atoms with Gasteiger partial charge in [-0.05, 0) is 41.3 Å². The highest BCUT2D eigenvalue weighted by Crippen LogP contribution is 2.24. The lowest BCUT2D eigenvalue weighted by molar-refractivity contribution is -0.129.